The van der Waals surface area contributed by atoms with Crippen molar-refractivity contribution in [1.29, 1.82) is 0 Å². The Kier molecular flexibility index (Phi) is 4.30. The number of nitrogens with one attached hydrogen (secondary N) is 1. The van der Waals surface area contributed by atoms with Gasteiger partial charge < -0.3 is 14.8 Å². The van der Waals surface area contributed by atoms with Crippen LogP contribution in [0.2, 0.25) is 0 Å². The zero-order chi connectivity index (χ0) is 14.7. The van der Waals surface area contributed by atoms with Crippen LogP contribution in [0.3, 0.4) is 0 Å². The third kappa shape index (κ3) is 2.98. The molecule has 0 aliphatic carbocycles. The van der Waals surface area contributed by atoms with Crippen molar-refractivity contribution in [3.63, 3.8) is 0 Å². The lowest BCUT2D eigenvalue weighted by molar-refractivity contribution is 0.383. The molecule has 0 radical (unpaired) electrons. The summed E-state index contributed by atoms with van der Waals surface area (Å²) in [5.74, 6) is 1.87. The molecule has 1 unspecified atom stereocenters. The van der Waals surface area contributed by atoms with Crippen LogP contribution < -0.4 is 14.8 Å². The lowest BCUT2D eigenvalue weighted by Crippen LogP contribution is -2.35. The number of hydrogen-bond donors (Lipinski definition) is 1. The van der Waals surface area contributed by atoms with Crippen LogP contribution in [0.5, 0.6) is 11.5 Å². The van der Waals surface area contributed by atoms with Crippen LogP contribution in [-0.4, -0.2) is 26.8 Å². The van der Waals surface area contributed by atoms with Gasteiger partial charge in [0, 0.05) is 11.6 Å². The molecule has 3 rings (SSSR count). The van der Waals surface area contributed by atoms with E-state index in [4.69, 9.17) is 9.47 Å². The second-order valence-corrected chi connectivity index (χ2v) is 5.68. The monoisotopic (exact) mass is 285 g/mol. The Bertz CT molecular complexity index is 613. The zero-order valence-electron chi connectivity index (χ0n) is 12.8. The van der Waals surface area contributed by atoms with Crippen LogP contribution in [0.15, 0.2) is 30.3 Å². The van der Waals surface area contributed by atoms with E-state index in [2.05, 4.69) is 29.6 Å². The second-order valence-electron chi connectivity index (χ2n) is 5.68. The molecule has 1 N–H and O–H groups in total. The van der Waals surface area contributed by atoms with Gasteiger partial charge in [-0.05, 0) is 54.8 Å². The predicted octanol–water partition coefficient (Wildman–Crippen LogP) is 3.54. The van der Waals surface area contributed by atoms with Crippen molar-refractivity contribution < 1.29 is 9.47 Å². The Morgan fingerprint density at radius 3 is 2.67 bits per heavy atom. The van der Waals surface area contributed by atoms with Crippen molar-refractivity contribution in [1.82, 2.24) is 5.32 Å². The summed E-state index contributed by atoms with van der Waals surface area (Å²) in [4.78, 5) is 0. The summed E-state index contributed by atoms with van der Waals surface area (Å²) in [7, 11) is 3.46. The van der Waals surface area contributed by atoms with Crippen molar-refractivity contribution >= 4 is 10.8 Å². The van der Waals surface area contributed by atoms with Crippen molar-refractivity contribution in [2.45, 2.75) is 31.7 Å². The van der Waals surface area contributed by atoms with E-state index >= 15 is 0 Å². The number of methoxy groups -OCH3 is 2. The van der Waals surface area contributed by atoms with Crippen LogP contribution in [-0.2, 0) is 6.42 Å². The van der Waals surface area contributed by atoms with Crippen LogP contribution in [0, 0.1) is 0 Å². The molecule has 2 aromatic carbocycles. The lowest BCUT2D eigenvalue weighted by atomic mass is 9.93. The largest absolute Gasteiger partial charge is 0.497 e. The molecule has 0 aromatic heterocycles. The Morgan fingerprint density at radius 1 is 1.10 bits per heavy atom. The maximum absolute atomic E-state index is 5.60. The molecule has 112 valence electrons. The number of fused-ring (bicyclic) bond motifs is 1. The molecule has 0 bridgehead atoms. The van der Waals surface area contributed by atoms with E-state index in [0.29, 0.717) is 6.04 Å². The number of rotatable bonds is 4. The molecular formula is C18H23NO2. The highest BCUT2D eigenvalue weighted by Gasteiger charge is 2.17. The topological polar surface area (TPSA) is 30.5 Å². The van der Waals surface area contributed by atoms with Crippen LogP contribution in [0.25, 0.3) is 10.8 Å². The van der Waals surface area contributed by atoms with Gasteiger partial charge in [0.05, 0.1) is 14.2 Å². The van der Waals surface area contributed by atoms with E-state index in [0.717, 1.165) is 24.5 Å². The third-order valence-corrected chi connectivity index (χ3v) is 4.38. The van der Waals surface area contributed by atoms with Gasteiger partial charge >= 0.3 is 0 Å². The fraction of sp³-hybridized carbons (Fsp3) is 0.444. The molecule has 3 heteroatoms. The first-order chi connectivity index (χ1) is 10.3. The normalized spacial score (nSPS) is 18.7. The first kappa shape index (κ1) is 14.2. The van der Waals surface area contributed by atoms with Crippen LogP contribution in [0.1, 0.15) is 24.8 Å². The Labute approximate surface area is 126 Å². The highest BCUT2D eigenvalue weighted by molar-refractivity contribution is 5.89. The van der Waals surface area contributed by atoms with Crippen molar-refractivity contribution in [3.8, 4) is 11.5 Å². The van der Waals surface area contributed by atoms with E-state index in [9.17, 15) is 0 Å². The van der Waals surface area contributed by atoms with Gasteiger partial charge in [-0.15, -0.1) is 0 Å². The van der Waals surface area contributed by atoms with Crippen molar-refractivity contribution in [3.05, 3.63) is 35.9 Å². The molecule has 1 heterocycles. The Hall–Kier alpha value is -1.74. The molecule has 1 aliphatic rings. The maximum Gasteiger partial charge on any atom is 0.122 e. The molecule has 1 aliphatic heterocycles. The lowest BCUT2D eigenvalue weighted by Gasteiger charge is -2.25. The van der Waals surface area contributed by atoms with Gasteiger partial charge in [-0.1, -0.05) is 18.6 Å². The average molecular weight is 285 g/mol. The minimum atomic E-state index is 0.546. The SMILES string of the molecule is COc1ccc2ccc(OC)c(CC3CCCCN3)c2c1. The summed E-state index contributed by atoms with van der Waals surface area (Å²) in [6, 6.07) is 11.0. The third-order valence-electron chi connectivity index (χ3n) is 4.38. The first-order valence-corrected chi connectivity index (χ1v) is 7.69. The number of piperidine rings is 1. The minimum absolute atomic E-state index is 0.546. The summed E-state index contributed by atoms with van der Waals surface area (Å²) in [5.41, 5.74) is 1.29. The molecule has 21 heavy (non-hydrogen) atoms. The molecule has 3 nitrogen and oxygen atoms in total. The Balaban J connectivity index is 2.03. The molecule has 1 fully saturated rings. The maximum atomic E-state index is 5.60. The van der Waals surface area contributed by atoms with Gasteiger partial charge in [-0.2, -0.15) is 0 Å². The zero-order valence-corrected chi connectivity index (χ0v) is 12.8. The van der Waals surface area contributed by atoms with Crippen LogP contribution >= 0.6 is 0 Å². The molecule has 0 saturated carbocycles. The fourth-order valence-corrected chi connectivity index (χ4v) is 3.21. The van der Waals surface area contributed by atoms with Gasteiger partial charge in [-0.25, -0.2) is 0 Å². The van der Waals surface area contributed by atoms with Crippen LogP contribution in [0.4, 0.5) is 0 Å². The number of benzene rings is 2. The predicted molar refractivity (Wildman–Crippen MR) is 86.4 cm³/mol. The first-order valence-electron chi connectivity index (χ1n) is 7.69. The standard InChI is InChI=1S/C18H23NO2/c1-20-15-8-6-13-7-9-18(21-2)17(16(13)12-15)11-14-5-3-4-10-19-14/h6-9,12,14,19H,3-5,10-11H2,1-2H3. The second kappa shape index (κ2) is 6.35. The van der Waals surface area contributed by atoms with E-state index in [-0.39, 0.29) is 0 Å². The summed E-state index contributed by atoms with van der Waals surface area (Å²) in [6.07, 6.45) is 4.85. The summed E-state index contributed by atoms with van der Waals surface area (Å²) < 4.78 is 11.0. The van der Waals surface area contributed by atoms with Gasteiger partial charge in [0.25, 0.3) is 0 Å². The van der Waals surface area contributed by atoms with E-state index in [1.807, 2.05) is 6.07 Å². The van der Waals surface area contributed by atoms with Gasteiger partial charge in [0.15, 0.2) is 0 Å². The quantitative estimate of drug-likeness (QED) is 0.932. The van der Waals surface area contributed by atoms with E-state index in [1.165, 1.54) is 35.6 Å². The average Bonchev–Trinajstić information content (AvgIpc) is 2.55. The smallest absolute Gasteiger partial charge is 0.122 e. The Morgan fingerprint density at radius 2 is 1.95 bits per heavy atom. The van der Waals surface area contributed by atoms with Gasteiger partial charge in [0.1, 0.15) is 11.5 Å². The molecule has 1 atom stereocenters. The van der Waals surface area contributed by atoms with Gasteiger partial charge in [-0.3, -0.25) is 0 Å². The molecule has 1 saturated heterocycles. The highest BCUT2D eigenvalue weighted by Crippen LogP contribution is 2.32. The summed E-state index contributed by atoms with van der Waals surface area (Å²) >= 11 is 0. The highest BCUT2D eigenvalue weighted by atomic mass is 16.5. The minimum Gasteiger partial charge on any atom is -0.497 e. The summed E-state index contributed by atoms with van der Waals surface area (Å²) in [6.45, 7) is 1.13. The van der Waals surface area contributed by atoms with E-state index in [1.54, 1.807) is 14.2 Å². The van der Waals surface area contributed by atoms with Crippen molar-refractivity contribution in [2.24, 2.45) is 0 Å². The van der Waals surface area contributed by atoms with E-state index < -0.39 is 0 Å². The van der Waals surface area contributed by atoms with Crippen molar-refractivity contribution in [2.75, 3.05) is 20.8 Å². The molecule has 0 amide bonds. The number of hydrogen-bond acceptors (Lipinski definition) is 3. The summed E-state index contributed by atoms with van der Waals surface area (Å²) in [5, 5.41) is 6.10. The number of ether oxygens (including phenoxy) is 2. The van der Waals surface area contributed by atoms with Gasteiger partial charge in [0.2, 0.25) is 0 Å². The molecule has 0 spiro atoms. The molecule has 2 aromatic rings. The molecular weight excluding hydrogens is 262 g/mol. The fourth-order valence-electron chi connectivity index (χ4n) is 3.21.